The van der Waals surface area contributed by atoms with Crippen molar-refractivity contribution in [1.82, 2.24) is 0 Å². The Kier molecular flexibility index (Phi) is 2.88. The molecule has 0 spiro atoms. The van der Waals surface area contributed by atoms with Gasteiger partial charge in [0, 0.05) is 6.07 Å². The van der Waals surface area contributed by atoms with Crippen molar-refractivity contribution in [1.29, 1.82) is 0 Å². The topological polar surface area (TPSA) is 95.6 Å². The minimum atomic E-state index is -0.831. The van der Waals surface area contributed by atoms with Crippen molar-refractivity contribution >= 4 is 11.4 Å². The molecule has 6 nitrogen and oxygen atoms in total. The third kappa shape index (κ3) is 2.33. The standard InChI is InChI=1S/C8H10N2O4/c1-5(11)9-7-3-2-6(10(13)14)4-8(7)12/h2-5,9,11-12H,1H3. The maximum Gasteiger partial charge on any atom is 0.273 e. The molecule has 0 saturated carbocycles. The molecule has 1 atom stereocenters. The molecule has 0 heterocycles. The zero-order chi connectivity index (χ0) is 10.7. The molecule has 0 saturated heterocycles. The number of hydrogen-bond donors (Lipinski definition) is 3. The molecule has 1 unspecified atom stereocenters. The zero-order valence-corrected chi connectivity index (χ0v) is 7.47. The SMILES string of the molecule is CC(O)Nc1ccc([N+](=O)[O-])cc1O. The van der Waals surface area contributed by atoms with E-state index in [1.54, 1.807) is 0 Å². The average molecular weight is 198 g/mol. The van der Waals surface area contributed by atoms with Crippen LogP contribution in [0.5, 0.6) is 5.75 Å². The highest BCUT2D eigenvalue weighted by Gasteiger charge is 2.10. The number of aromatic hydroxyl groups is 1. The molecule has 0 bridgehead atoms. The van der Waals surface area contributed by atoms with Gasteiger partial charge in [-0.3, -0.25) is 10.1 Å². The third-order valence-electron chi connectivity index (χ3n) is 1.56. The number of phenols is 1. The van der Waals surface area contributed by atoms with E-state index >= 15 is 0 Å². The van der Waals surface area contributed by atoms with Crippen LogP contribution in [0.4, 0.5) is 11.4 Å². The summed E-state index contributed by atoms with van der Waals surface area (Å²) < 4.78 is 0. The molecule has 0 radical (unpaired) electrons. The average Bonchev–Trinajstić information content (AvgIpc) is 2.07. The smallest absolute Gasteiger partial charge is 0.273 e. The first-order chi connectivity index (χ1) is 6.50. The number of nitro benzene ring substituents is 1. The quantitative estimate of drug-likeness (QED) is 0.292. The van der Waals surface area contributed by atoms with Gasteiger partial charge in [-0.25, -0.2) is 0 Å². The van der Waals surface area contributed by atoms with Gasteiger partial charge in [-0.1, -0.05) is 0 Å². The number of hydrogen-bond acceptors (Lipinski definition) is 5. The minimum absolute atomic E-state index is 0.196. The van der Waals surface area contributed by atoms with E-state index in [2.05, 4.69) is 5.32 Å². The lowest BCUT2D eigenvalue weighted by Crippen LogP contribution is -2.13. The molecule has 0 aliphatic carbocycles. The summed E-state index contributed by atoms with van der Waals surface area (Å²) in [6, 6.07) is 3.59. The van der Waals surface area contributed by atoms with Crippen LogP contribution in [0.1, 0.15) is 6.92 Å². The molecule has 1 aromatic carbocycles. The first-order valence-corrected chi connectivity index (χ1v) is 3.92. The van der Waals surface area contributed by atoms with E-state index in [0.717, 1.165) is 6.07 Å². The Morgan fingerprint density at radius 2 is 2.21 bits per heavy atom. The van der Waals surface area contributed by atoms with Crippen LogP contribution in [-0.2, 0) is 0 Å². The predicted octanol–water partition coefficient (Wildman–Crippen LogP) is 1.05. The summed E-state index contributed by atoms with van der Waals surface area (Å²) in [5.74, 6) is -0.264. The van der Waals surface area contributed by atoms with Crippen molar-refractivity contribution in [2.45, 2.75) is 13.2 Å². The summed E-state index contributed by atoms with van der Waals surface area (Å²) in [6.07, 6.45) is -0.831. The van der Waals surface area contributed by atoms with Crippen LogP contribution in [0.15, 0.2) is 18.2 Å². The van der Waals surface area contributed by atoms with Gasteiger partial charge >= 0.3 is 0 Å². The molecule has 76 valence electrons. The van der Waals surface area contributed by atoms with Gasteiger partial charge < -0.3 is 15.5 Å². The number of benzene rings is 1. The van der Waals surface area contributed by atoms with E-state index in [1.807, 2.05) is 0 Å². The van der Waals surface area contributed by atoms with Gasteiger partial charge in [0.15, 0.2) is 0 Å². The van der Waals surface area contributed by atoms with E-state index in [9.17, 15) is 15.2 Å². The number of nitrogens with one attached hydrogen (secondary N) is 1. The Morgan fingerprint density at radius 1 is 1.57 bits per heavy atom. The summed E-state index contributed by atoms with van der Waals surface area (Å²) in [4.78, 5) is 9.71. The maximum absolute atomic E-state index is 10.3. The normalized spacial score (nSPS) is 12.1. The van der Waals surface area contributed by atoms with Crippen LogP contribution in [0.25, 0.3) is 0 Å². The lowest BCUT2D eigenvalue weighted by atomic mass is 10.2. The number of non-ortho nitro benzene ring substituents is 1. The highest BCUT2D eigenvalue weighted by molar-refractivity contribution is 5.60. The molecule has 0 aromatic heterocycles. The number of phenolic OH excluding ortho intramolecular Hbond substituents is 1. The van der Waals surface area contributed by atoms with Gasteiger partial charge in [-0.15, -0.1) is 0 Å². The molecule has 0 amide bonds. The monoisotopic (exact) mass is 198 g/mol. The zero-order valence-electron chi connectivity index (χ0n) is 7.47. The fraction of sp³-hybridized carbons (Fsp3) is 0.250. The number of aliphatic hydroxyl groups is 1. The summed E-state index contributed by atoms with van der Waals surface area (Å²) in [7, 11) is 0. The van der Waals surface area contributed by atoms with Crippen LogP contribution in [-0.4, -0.2) is 21.4 Å². The van der Waals surface area contributed by atoms with Crippen molar-refractivity contribution in [3.63, 3.8) is 0 Å². The largest absolute Gasteiger partial charge is 0.506 e. The summed E-state index contributed by atoms with van der Waals surface area (Å²) in [5.41, 5.74) is 0.0595. The Labute approximate surface area is 80.0 Å². The van der Waals surface area contributed by atoms with Crippen molar-refractivity contribution in [2.75, 3.05) is 5.32 Å². The molecule has 6 heteroatoms. The Morgan fingerprint density at radius 3 is 2.64 bits per heavy atom. The third-order valence-corrected chi connectivity index (χ3v) is 1.56. The number of nitro groups is 1. The predicted molar refractivity (Wildman–Crippen MR) is 50.1 cm³/mol. The Bertz CT molecular complexity index is 351. The lowest BCUT2D eigenvalue weighted by molar-refractivity contribution is -0.384. The maximum atomic E-state index is 10.3. The molecule has 0 fully saturated rings. The van der Waals surface area contributed by atoms with Gasteiger partial charge in [-0.2, -0.15) is 0 Å². The second-order valence-electron chi connectivity index (χ2n) is 2.78. The molecule has 0 aliphatic heterocycles. The van der Waals surface area contributed by atoms with E-state index in [1.165, 1.54) is 19.1 Å². The molecule has 1 rings (SSSR count). The van der Waals surface area contributed by atoms with Crippen LogP contribution < -0.4 is 5.32 Å². The highest BCUT2D eigenvalue weighted by Crippen LogP contribution is 2.27. The van der Waals surface area contributed by atoms with Gasteiger partial charge in [-0.05, 0) is 13.0 Å². The number of aliphatic hydroxyl groups excluding tert-OH is 1. The molecule has 1 aromatic rings. The highest BCUT2D eigenvalue weighted by atomic mass is 16.6. The first-order valence-electron chi connectivity index (χ1n) is 3.92. The van der Waals surface area contributed by atoms with Crippen LogP contribution in [0.2, 0.25) is 0 Å². The van der Waals surface area contributed by atoms with Gasteiger partial charge in [0.2, 0.25) is 0 Å². The Hall–Kier alpha value is -1.82. The Balaban J connectivity index is 2.95. The first kappa shape index (κ1) is 10.3. The van der Waals surface area contributed by atoms with Crippen LogP contribution in [0.3, 0.4) is 0 Å². The summed E-state index contributed by atoms with van der Waals surface area (Å²) >= 11 is 0. The molecular formula is C8H10N2O4. The fourth-order valence-electron chi connectivity index (χ4n) is 0.981. The number of anilines is 1. The van der Waals surface area contributed by atoms with Crippen molar-refractivity contribution < 1.29 is 15.1 Å². The van der Waals surface area contributed by atoms with Crippen LogP contribution in [0, 0.1) is 10.1 Å². The minimum Gasteiger partial charge on any atom is -0.506 e. The van der Waals surface area contributed by atoms with Crippen molar-refractivity contribution in [3.8, 4) is 5.75 Å². The van der Waals surface area contributed by atoms with E-state index in [4.69, 9.17) is 5.11 Å². The number of rotatable bonds is 3. The molecule has 14 heavy (non-hydrogen) atoms. The van der Waals surface area contributed by atoms with Gasteiger partial charge in [0.05, 0.1) is 16.7 Å². The molecule has 0 aliphatic rings. The van der Waals surface area contributed by atoms with E-state index < -0.39 is 11.2 Å². The summed E-state index contributed by atoms with van der Waals surface area (Å²) in [6.45, 7) is 1.47. The second-order valence-corrected chi connectivity index (χ2v) is 2.78. The van der Waals surface area contributed by atoms with Gasteiger partial charge in [0.1, 0.15) is 12.0 Å². The number of nitrogens with zero attached hydrogens (tertiary/aromatic N) is 1. The van der Waals surface area contributed by atoms with Crippen molar-refractivity contribution in [2.24, 2.45) is 0 Å². The molecule has 3 N–H and O–H groups in total. The van der Waals surface area contributed by atoms with E-state index in [-0.39, 0.29) is 17.1 Å². The van der Waals surface area contributed by atoms with Crippen LogP contribution >= 0.6 is 0 Å². The lowest BCUT2D eigenvalue weighted by Gasteiger charge is -2.09. The van der Waals surface area contributed by atoms with Gasteiger partial charge in [0.25, 0.3) is 5.69 Å². The summed E-state index contributed by atoms with van der Waals surface area (Å²) in [5, 5.41) is 31.1. The fourth-order valence-corrected chi connectivity index (χ4v) is 0.981. The second kappa shape index (κ2) is 3.93. The molecular weight excluding hydrogens is 188 g/mol. The van der Waals surface area contributed by atoms with E-state index in [0.29, 0.717) is 0 Å². The van der Waals surface area contributed by atoms with Crippen molar-refractivity contribution in [3.05, 3.63) is 28.3 Å².